The Morgan fingerprint density at radius 3 is 2.62 bits per heavy atom. The van der Waals surface area contributed by atoms with E-state index in [-0.39, 0.29) is 12.0 Å². The molecule has 5 heteroatoms. The second-order valence-corrected chi connectivity index (χ2v) is 6.03. The van der Waals surface area contributed by atoms with Gasteiger partial charge in [-0.2, -0.15) is 4.98 Å². The van der Waals surface area contributed by atoms with Crippen LogP contribution in [-0.4, -0.2) is 16.7 Å². The molecule has 2 unspecified atom stereocenters. The predicted octanol–water partition coefficient (Wildman–Crippen LogP) is 3.23. The first-order valence-corrected chi connectivity index (χ1v) is 8.31. The molecule has 3 aromatic rings. The molecular formula is C19H20N4O. The van der Waals surface area contributed by atoms with E-state index in [1.165, 1.54) is 11.1 Å². The van der Waals surface area contributed by atoms with Crippen molar-refractivity contribution in [3.8, 4) is 11.4 Å². The number of aromatic nitrogens is 2. The highest BCUT2D eigenvalue weighted by atomic mass is 16.5. The molecule has 5 nitrogen and oxygen atoms in total. The second kappa shape index (κ2) is 6.55. The third-order valence-electron chi connectivity index (χ3n) is 4.52. The number of hydrogen-bond donors (Lipinski definition) is 2. The molecule has 0 aliphatic carbocycles. The molecule has 0 spiro atoms. The minimum absolute atomic E-state index is 0.114. The summed E-state index contributed by atoms with van der Waals surface area (Å²) in [6, 6.07) is 18.8. The molecule has 0 radical (unpaired) electrons. The van der Waals surface area contributed by atoms with Crippen molar-refractivity contribution in [1.29, 1.82) is 0 Å². The average Bonchev–Trinajstić information content (AvgIpc) is 3.32. The van der Waals surface area contributed by atoms with Crippen molar-refractivity contribution in [1.82, 2.24) is 21.0 Å². The number of nitrogens with zero attached hydrogens (tertiary/aromatic N) is 2. The van der Waals surface area contributed by atoms with Crippen LogP contribution in [0, 0.1) is 0 Å². The smallest absolute Gasteiger partial charge is 0.233 e. The molecule has 1 aromatic heterocycles. The molecule has 2 N–H and O–H groups in total. The zero-order valence-electron chi connectivity index (χ0n) is 13.6. The summed E-state index contributed by atoms with van der Waals surface area (Å²) < 4.78 is 5.57. The summed E-state index contributed by atoms with van der Waals surface area (Å²) in [5, 5.41) is 4.17. The van der Waals surface area contributed by atoms with Crippen molar-refractivity contribution >= 4 is 0 Å². The van der Waals surface area contributed by atoms with Gasteiger partial charge in [-0.15, -0.1) is 0 Å². The van der Waals surface area contributed by atoms with Crippen LogP contribution in [0.4, 0.5) is 0 Å². The average molecular weight is 320 g/mol. The first-order valence-electron chi connectivity index (χ1n) is 8.31. The molecule has 2 atom stereocenters. The first-order chi connectivity index (χ1) is 11.8. The summed E-state index contributed by atoms with van der Waals surface area (Å²) in [5.41, 5.74) is 10.0. The number of nitrogens with one attached hydrogen (secondary N) is 2. The third-order valence-corrected chi connectivity index (χ3v) is 4.52. The van der Waals surface area contributed by atoms with Crippen molar-refractivity contribution in [3.05, 3.63) is 71.6 Å². The largest absolute Gasteiger partial charge is 0.339 e. The van der Waals surface area contributed by atoms with E-state index in [0.29, 0.717) is 11.7 Å². The van der Waals surface area contributed by atoms with Crippen LogP contribution in [0.5, 0.6) is 0 Å². The van der Waals surface area contributed by atoms with Crippen LogP contribution in [0.1, 0.15) is 35.9 Å². The van der Waals surface area contributed by atoms with E-state index >= 15 is 0 Å². The lowest BCUT2D eigenvalue weighted by Gasteiger charge is -2.15. The Morgan fingerprint density at radius 1 is 1.08 bits per heavy atom. The fraction of sp³-hybridized carbons (Fsp3) is 0.263. The fourth-order valence-corrected chi connectivity index (χ4v) is 3.10. The Bertz CT molecular complexity index is 798. The van der Waals surface area contributed by atoms with Gasteiger partial charge in [-0.1, -0.05) is 66.7 Å². The maximum Gasteiger partial charge on any atom is 0.233 e. The summed E-state index contributed by atoms with van der Waals surface area (Å²) in [4.78, 5) is 4.64. The number of rotatable bonds is 4. The van der Waals surface area contributed by atoms with Gasteiger partial charge in [0.2, 0.25) is 11.7 Å². The van der Waals surface area contributed by atoms with Gasteiger partial charge in [-0.05, 0) is 17.5 Å². The van der Waals surface area contributed by atoms with Crippen molar-refractivity contribution in [2.24, 2.45) is 0 Å². The Labute approximate surface area is 141 Å². The van der Waals surface area contributed by atoms with E-state index in [9.17, 15) is 0 Å². The van der Waals surface area contributed by atoms with Crippen LogP contribution < -0.4 is 10.9 Å². The molecule has 2 heterocycles. The van der Waals surface area contributed by atoms with Crippen molar-refractivity contribution in [3.63, 3.8) is 0 Å². The molecule has 24 heavy (non-hydrogen) atoms. The topological polar surface area (TPSA) is 63.0 Å². The van der Waals surface area contributed by atoms with E-state index in [0.717, 1.165) is 18.5 Å². The highest BCUT2D eigenvalue weighted by molar-refractivity contribution is 5.54. The van der Waals surface area contributed by atoms with E-state index in [1.807, 2.05) is 30.3 Å². The Kier molecular flexibility index (Phi) is 4.11. The van der Waals surface area contributed by atoms with Gasteiger partial charge in [0.05, 0.1) is 12.0 Å². The predicted molar refractivity (Wildman–Crippen MR) is 92.2 cm³/mol. The van der Waals surface area contributed by atoms with Gasteiger partial charge in [0.15, 0.2) is 0 Å². The van der Waals surface area contributed by atoms with Crippen LogP contribution in [0.3, 0.4) is 0 Å². The van der Waals surface area contributed by atoms with E-state index in [4.69, 9.17) is 4.52 Å². The zero-order valence-corrected chi connectivity index (χ0v) is 13.6. The van der Waals surface area contributed by atoms with E-state index < -0.39 is 0 Å². The van der Waals surface area contributed by atoms with Crippen LogP contribution in [0.25, 0.3) is 11.4 Å². The van der Waals surface area contributed by atoms with Crippen LogP contribution in [0.2, 0.25) is 0 Å². The Balaban J connectivity index is 1.59. The molecule has 4 rings (SSSR count). The van der Waals surface area contributed by atoms with Gasteiger partial charge in [-0.25, -0.2) is 5.43 Å². The maximum absolute atomic E-state index is 5.57. The maximum atomic E-state index is 5.57. The molecular weight excluding hydrogens is 300 g/mol. The highest BCUT2D eigenvalue weighted by Crippen LogP contribution is 2.33. The molecule has 1 aliphatic heterocycles. The van der Waals surface area contributed by atoms with Gasteiger partial charge in [-0.3, -0.25) is 5.43 Å². The molecule has 2 aromatic carbocycles. The van der Waals surface area contributed by atoms with Gasteiger partial charge >= 0.3 is 0 Å². The zero-order chi connectivity index (χ0) is 16.4. The van der Waals surface area contributed by atoms with Crippen LogP contribution in [-0.2, 0) is 6.42 Å². The van der Waals surface area contributed by atoms with Crippen molar-refractivity contribution in [2.45, 2.75) is 25.3 Å². The van der Waals surface area contributed by atoms with Crippen LogP contribution >= 0.6 is 0 Å². The molecule has 1 saturated heterocycles. The lowest BCUT2D eigenvalue weighted by atomic mass is 9.95. The molecule has 1 fully saturated rings. The summed E-state index contributed by atoms with van der Waals surface area (Å²) in [6.07, 6.45) is 1.02. The SMILES string of the molecule is CCc1ccc(-c2noc(C3CNNC3c3ccccc3)n2)cc1. The first kappa shape index (κ1) is 15.1. The molecule has 122 valence electrons. The van der Waals surface area contributed by atoms with Gasteiger partial charge in [0.25, 0.3) is 0 Å². The van der Waals surface area contributed by atoms with E-state index in [2.05, 4.69) is 52.2 Å². The normalized spacial score (nSPS) is 20.4. The van der Waals surface area contributed by atoms with Crippen molar-refractivity contribution < 1.29 is 4.52 Å². The standard InChI is InChI=1S/C19H20N4O/c1-2-13-8-10-15(11-9-13)18-21-19(24-23-18)16-12-20-22-17(16)14-6-4-3-5-7-14/h3-11,16-17,20,22H,2,12H2,1H3. The number of aryl methyl sites for hydroxylation is 1. The minimum atomic E-state index is 0.114. The minimum Gasteiger partial charge on any atom is -0.339 e. The number of benzene rings is 2. The molecule has 0 saturated carbocycles. The second-order valence-electron chi connectivity index (χ2n) is 6.03. The molecule has 0 amide bonds. The summed E-state index contributed by atoms with van der Waals surface area (Å²) in [5.74, 6) is 1.42. The summed E-state index contributed by atoms with van der Waals surface area (Å²) in [6.45, 7) is 2.90. The Morgan fingerprint density at radius 2 is 1.88 bits per heavy atom. The number of hydrazine groups is 1. The fourth-order valence-electron chi connectivity index (χ4n) is 3.10. The summed E-state index contributed by atoms with van der Waals surface area (Å²) >= 11 is 0. The van der Waals surface area contributed by atoms with Gasteiger partial charge in [0, 0.05) is 12.1 Å². The third kappa shape index (κ3) is 2.84. The van der Waals surface area contributed by atoms with Gasteiger partial charge < -0.3 is 4.52 Å². The molecule has 0 bridgehead atoms. The quantitative estimate of drug-likeness (QED) is 0.773. The molecule has 1 aliphatic rings. The van der Waals surface area contributed by atoms with E-state index in [1.54, 1.807) is 0 Å². The lowest BCUT2D eigenvalue weighted by molar-refractivity contribution is 0.347. The Hall–Kier alpha value is -2.50. The van der Waals surface area contributed by atoms with Crippen LogP contribution in [0.15, 0.2) is 59.1 Å². The van der Waals surface area contributed by atoms with Gasteiger partial charge in [0.1, 0.15) is 0 Å². The summed E-state index contributed by atoms with van der Waals surface area (Å²) in [7, 11) is 0. The van der Waals surface area contributed by atoms with Crippen molar-refractivity contribution in [2.75, 3.05) is 6.54 Å². The monoisotopic (exact) mass is 320 g/mol. The number of hydrogen-bond acceptors (Lipinski definition) is 5. The highest BCUT2D eigenvalue weighted by Gasteiger charge is 2.33. The lowest BCUT2D eigenvalue weighted by Crippen LogP contribution is -2.24.